The molecule has 4 aromatic rings. The monoisotopic (exact) mass is 324 g/mol. The molecule has 0 N–H and O–H groups in total. The van der Waals surface area contributed by atoms with Crippen molar-refractivity contribution in [2.45, 2.75) is 13.0 Å². The first-order valence-corrected chi connectivity index (χ1v) is 7.19. The van der Waals surface area contributed by atoms with Crippen LogP contribution in [0.5, 0.6) is 0 Å². The summed E-state index contributed by atoms with van der Waals surface area (Å²) in [6.45, 7) is -0.554. The maximum Gasteiger partial charge on any atom is 0.257 e. The number of pyridine rings is 1. The Morgan fingerprint density at radius 1 is 1.25 bits per heavy atom. The number of furan rings is 1. The zero-order valence-corrected chi connectivity index (χ0v) is 12.3. The van der Waals surface area contributed by atoms with Crippen molar-refractivity contribution in [1.82, 2.24) is 14.8 Å². The Balaban J connectivity index is 2.00. The Kier molecular flexibility index (Phi) is 3.24. The molecule has 0 saturated heterocycles. The minimum Gasteiger partial charge on any atom is -0.464 e. The molecule has 0 spiro atoms. The van der Waals surface area contributed by atoms with Gasteiger partial charge in [-0.2, -0.15) is 10.4 Å². The van der Waals surface area contributed by atoms with Crippen molar-refractivity contribution in [2.24, 2.45) is 0 Å². The third-order valence-corrected chi connectivity index (χ3v) is 3.80. The van der Waals surface area contributed by atoms with E-state index in [0.717, 1.165) is 5.39 Å². The summed E-state index contributed by atoms with van der Waals surface area (Å²) in [4.78, 5) is 4.04. The second kappa shape index (κ2) is 5.42. The van der Waals surface area contributed by atoms with Crippen molar-refractivity contribution in [3.63, 3.8) is 0 Å². The molecule has 3 aromatic heterocycles. The molecule has 1 aromatic carbocycles. The number of hydrogen-bond donors (Lipinski definition) is 0. The van der Waals surface area contributed by atoms with Crippen molar-refractivity contribution in [3.8, 4) is 17.3 Å². The lowest BCUT2D eigenvalue weighted by Gasteiger charge is -2.01. The lowest BCUT2D eigenvalue weighted by atomic mass is 10.1. The smallest absolute Gasteiger partial charge is 0.257 e. The predicted molar refractivity (Wildman–Crippen MR) is 83.5 cm³/mol. The summed E-state index contributed by atoms with van der Waals surface area (Å²) in [5.74, 6) is 0. The van der Waals surface area contributed by atoms with Gasteiger partial charge in [-0.25, -0.2) is 13.8 Å². The maximum atomic E-state index is 12.9. The van der Waals surface area contributed by atoms with Crippen LogP contribution in [-0.4, -0.2) is 21.2 Å². The molecule has 4 rings (SSSR count). The molecule has 0 aliphatic carbocycles. The minimum absolute atomic E-state index is 0.154. The largest absolute Gasteiger partial charge is 0.464 e. The van der Waals surface area contributed by atoms with Gasteiger partial charge in [-0.05, 0) is 6.07 Å². The summed E-state index contributed by atoms with van der Waals surface area (Å²) in [5, 5.41) is 14.8. The average molecular weight is 324 g/mol. The van der Waals surface area contributed by atoms with Gasteiger partial charge in [0.1, 0.15) is 35.8 Å². The number of nitrogens with zero attached hydrogens (tertiary/aromatic N) is 4. The van der Waals surface area contributed by atoms with E-state index in [1.54, 1.807) is 6.26 Å². The highest BCUT2D eigenvalue weighted by molar-refractivity contribution is 6.02. The number of para-hydroxylation sites is 1. The fourth-order valence-corrected chi connectivity index (χ4v) is 2.76. The first-order chi connectivity index (χ1) is 11.7. The van der Waals surface area contributed by atoms with Crippen molar-refractivity contribution >= 4 is 21.9 Å². The van der Waals surface area contributed by atoms with Gasteiger partial charge in [0, 0.05) is 28.6 Å². The van der Waals surface area contributed by atoms with Crippen LogP contribution < -0.4 is 0 Å². The van der Waals surface area contributed by atoms with Crippen LogP contribution in [0.15, 0.2) is 47.2 Å². The van der Waals surface area contributed by atoms with Crippen LogP contribution in [0.25, 0.3) is 33.1 Å². The van der Waals surface area contributed by atoms with E-state index >= 15 is 0 Å². The highest BCUT2D eigenvalue weighted by atomic mass is 19.3. The number of aromatic nitrogens is 3. The number of alkyl halides is 2. The molecule has 0 aliphatic rings. The van der Waals surface area contributed by atoms with Crippen LogP contribution in [0.4, 0.5) is 8.78 Å². The molecule has 0 amide bonds. The highest BCUT2D eigenvalue weighted by Crippen LogP contribution is 2.34. The lowest BCUT2D eigenvalue weighted by molar-refractivity contribution is 0.123. The quantitative estimate of drug-likeness (QED) is 0.571. The number of fused-ring (bicyclic) bond motifs is 2. The van der Waals surface area contributed by atoms with E-state index in [0.29, 0.717) is 27.7 Å². The van der Waals surface area contributed by atoms with Crippen molar-refractivity contribution in [2.75, 3.05) is 0 Å². The van der Waals surface area contributed by atoms with Gasteiger partial charge in [0.05, 0.1) is 5.52 Å². The third-order valence-electron chi connectivity index (χ3n) is 3.80. The van der Waals surface area contributed by atoms with E-state index in [4.69, 9.17) is 9.68 Å². The first kappa shape index (κ1) is 14.3. The molecule has 0 radical (unpaired) electrons. The number of nitriles is 1. The molecule has 0 saturated carbocycles. The summed E-state index contributed by atoms with van der Waals surface area (Å²) in [6, 6.07) is 10.8. The Morgan fingerprint density at radius 3 is 2.88 bits per heavy atom. The fourth-order valence-electron chi connectivity index (χ4n) is 2.76. The Labute approximate surface area is 134 Å². The van der Waals surface area contributed by atoms with E-state index in [-0.39, 0.29) is 5.69 Å². The van der Waals surface area contributed by atoms with Gasteiger partial charge in [0.25, 0.3) is 6.43 Å². The highest BCUT2D eigenvalue weighted by Gasteiger charge is 2.19. The molecule has 0 unspecified atom stereocenters. The molecule has 0 aliphatic heterocycles. The molecule has 24 heavy (non-hydrogen) atoms. The second-order valence-electron chi connectivity index (χ2n) is 5.27. The third kappa shape index (κ3) is 2.20. The molecule has 0 atom stereocenters. The summed E-state index contributed by atoms with van der Waals surface area (Å²) < 4.78 is 32.5. The summed E-state index contributed by atoms with van der Waals surface area (Å²) in [5.41, 5.74) is 2.50. The van der Waals surface area contributed by atoms with Gasteiger partial charge in [-0.3, -0.25) is 4.68 Å². The molecule has 0 fully saturated rings. The zero-order valence-electron chi connectivity index (χ0n) is 12.3. The van der Waals surface area contributed by atoms with Gasteiger partial charge >= 0.3 is 0 Å². The number of rotatable bonds is 3. The summed E-state index contributed by atoms with van der Waals surface area (Å²) >= 11 is 0. The van der Waals surface area contributed by atoms with Gasteiger partial charge in [-0.15, -0.1) is 0 Å². The first-order valence-electron chi connectivity index (χ1n) is 7.19. The number of halogens is 2. The molecule has 0 bridgehead atoms. The Hall–Kier alpha value is -3.27. The SMILES string of the molecule is N#Cc1cc2c(cn1)c(-c1coc3ccccc13)nn2CC(F)F. The van der Waals surface area contributed by atoms with Crippen molar-refractivity contribution in [3.05, 3.63) is 48.5 Å². The normalized spacial score (nSPS) is 11.4. The van der Waals surface area contributed by atoms with Crippen LogP contribution in [-0.2, 0) is 6.54 Å². The van der Waals surface area contributed by atoms with E-state index < -0.39 is 13.0 Å². The molecular weight excluding hydrogens is 314 g/mol. The minimum atomic E-state index is -2.55. The van der Waals surface area contributed by atoms with Crippen LogP contribution in [0.2, 0.25) is 0 Å². The van der Waals surface area contributed by atoms with Gasteiger partial charge in [-0.1, -0.05) is 18.2 Å². The summed E-state index contributed by atoms with van der Waals surface area (Å²) in [6.07, 6.45) is 0.484. The van der Waals surface area contributed by atoms with Gasteiger partial charge in [0.15, 0.2) is 0 Å². The molecule has 5 nitrogen and oxygen atoms in total. The van der Waals surface area contributed by atoms with Crippen molar-refractivity contribution in [1.29, 1.82) is 5.26 Å². The Morgan fingerprint density at radius 2 is 2.08 bits per heavy atom. The molecule has 7 heteroatoms. The Bertz CT molecular complexity index is 1090. The van der Waals surface area contributed by atoms with E-state index in [9.17, 15) is 8.78 Å². The van der Waals surface area contributed by atoms with E-state index in [1.165, 1.54) is 16.9 Å². The van der Waals surface area contributed by atoms with Crippen LogP contribution in [0.1, 0.15) is 5.69 Å². The number of hydrogen-bond acceptors (Lipinski definition) is 4. The lowest BCUT2D eigenvalue weighted by Crippen LogP contribution is -2.08. The standard InChI is InChI=1S/C17H10F2N4O/c18-16(19)8-23-14-5-10(6-20)21-7-12(14)17(22-23)13-9-24-15-4-2-1-3-11(13)15/h1-5,7,9,16H,8H2. The van der Waals surface area contributed by atoms with Crippen LogP contribution in [0, 0.1) is 11.3 Å². The van der Waals surface area contributed by atoms with E-state index in [2.05, 4.69) is 10.1 Å². The van der Waals surface area contributed by atoms with Gasteiger partial charge < -0.3 is 4.42 Å². The van der Waals surface area contributed by atoms with Crippen LogP contribution in [0.3, 0.4) is 0 Å². The summed E-state index contributed by atoms with van der Waals surface area (Å²) in [7, 11) is 0. The molecular formula is C17H10F2N4O. The van der Waals surface area contributed by atoms with Gasteiger partial charge in [0.2, 0.25) is 0 Å². The zero-order chi connectivity index (χ0) is 16.7. The average Bonchev–Trinajstić information content (AvgIpc) is 3.15. The van der Waals surface area contributed by atoms with E-state index in [1.807, 2.05) is 30.3 Å². The fraction of sp³-hybridized carbons (Fsp3) is 0.118. The molecule has 3 heterocycles. The number of benzene rings is 1. The maximum absolute atomic E-state index is 12.9. The van der Waals surface area contributed by atoms with Crippen LogP contribution >= 0.6 is 0 Å². The topological polar surface area (TPSA) is 67.6 Å². The van der Waals surface area contributed by atoms with Crippen molar-refractivity contribution < 1.29 is 13.2 Å². The molecule has 118 valence electrons. The second-order valence-corrected chi connectivity index (χ2v) is 5.27. The predicted octanol–water partition coefficient (Wildman–Crippen LogP) is 3.98.